The minimum atomic E-state index is -0.944. The molecule has 1 aromatic heterocycles. The lowest BCUT2D eigenvalue weighted by atomic mass is 10.1. The molecule has 0 amide bonds. The van der Waals surface area contributed by atoms with Gasteiger partial charge in [0.2, 0.25) is 0 Å². The van der Waals surface area contributed by atoms with Crippen LogP contribution in [0.15, 0.2) is 47.6 Å². The third-order valence-corrected chi connectivity index (χ3v) is 5.33. The zero-order valence-electron chi connectivity index (χ0n) is 13.1. The zero-order valence-corrected chi connectivity index (χ0v) is 14.7. The lowest BCUT2D eigenvalue weighted by molar-refractivity contribution is 0.0697. The molecule has 0 bridgehead atoms. The maximum absolute atomic E-state index is 10.9. The minimum absolute atomic E-state index is 0.249. The van der Waals surface area contributed by atoms with E-state index in [-0.39, 0.29) is 5.56 Å². The molecule has 0 spiro atoms. The summed E-state index contributed by atoms with van der Waals surface area (Å²) in [6, 6.07) is 12.3. The van der Waals surface area contributed by atoms with Crippen molar-refractivity contribution in [3.8, 4) is 0 Å². The SMILES string of the molecule is CC(=NNc1ccc(C(=O)O)cc1)c1sc2ccc(Cl)cc2c1C. The number of hydrazone groups is 1. The van der Waals surface area contributed by atoms with Crippen molar-refractivity contribution in [3.05, 3.63) is 63.5 Å². The normalized spacial score (nSPS) is 11.7. The van der Waals surface area contributed by atoms with E-state index in [2.05, 4.69) is 17.5 Å². The van der Waals surface area contributed by atoms with Crippen molar-refractivity contribution in [2.24, 2.45) is 5.10 Å². The number of benzene rings is 2. The van der Waals surface area contributed by atoms with Crippen LogP contribution in [0.3, 0.4) is 0 Å². The van der Waals surface area contributed by atoms with E-state index in [0.717, 1.165) is 32.2 Å². The molecule has 0 aliphatic carbocycles. The van der Waals surface area contributed by atoms with E-state index in [9.17, 15) is 4.79 Å². The number of aromatic carboxylic acids is 1. The van der Waals surface area contributed by atoms with Crippen LogP contribution in [0.2, 0.25) is 5.02 Å². The van der Waals surface area contributed by atoms with Gasteiger partial charge in [0.1, 0.15) is 0 Å². The Labute approximate surface area is 148 Å². The Morgan fingerprint density at radius 2 is 1.92 bits per heavy atom. The second-order valence-corrected chi connectivity index (χ2v) is 6.88. The van der Waals surface area contributed by atoms with Gasteiger partial charge in [-0.1, -0.05) is 11.6 Å². The molecule has 3 rings (SSSR count). The van der Waals surface area contributed by atoms with Crippen molar-refractivity contribution < 1.29 is 9.90 Å². The van der Waals surface area contributed by atoms with Crippen molar-refractivity contribution in [3.63, 3.8) is 0 Å². The lowest BCUT2D eigenvalue weighted by Gasteiger charge is -2.03. The van der Waals surface area contributed by atoms with Crippen LogP contribution in [-0.4, -0.2) is 16.8 Å². The van der Waals surface area contributed by atoms with Gasteiger partial charge in [0.15, 0.2) is 0 Å². The monoisotopic (exact) mass is 358 g/mol. The van der Waals surface area contributed by atoms with Gasteiger partial charge >= 0.3 is 5.97 Å². The van der Waals surface area contributed by atoms with Gasteiger partial charge in [-0.3, -0.25) is 5.43 Å². The second kappa shape index (κ2) is 6.63. The van der Waals surface area contributed by atoms with Crippen LogP contribution in [0.4, 0.5) is 5.69 Å². The topological polar surface area (TPSA) is 61.7 Å². The van der Waals surface area contributed by atoms with E-state index < -0.39 is 5.97 Å². The second-order valence-electron chi connectivity index (χ2n) is 5.39. The number of carboxylic acids is 1. The third-order valence-electron chi connectivity index (χ3n) is 3.71. The number of thiophene rings is 1. The Balaban J connectivity index is 1.85. The molecule has 0 saturated carbocycles. The number of halogens is 1. The van der Waals surface area contributed by atoms with Gasteiger partial charge in [0.05, 0.1) is 21.8 Å². The number of carboxylic acid groups (broad SMARTS) is 1. The van der Waals surface area contributed by atoms with Gasteiger partial charge in [0, 0.05) is 9.72 Å². The standard InChI is InChI=1S/C18H15ClN2O2S/c1-10-15-9-13(19)5-8-16(15)24-17(10)11(2)20-21-14-6-3-12(4-7-14)18(22)23/h3-9,21H,1-2H3,(H,22,23). The van der Waals surface area contributed by atoms with Gasteiger partial charge in [-0.2, -0.15) is 5.10 Å². The molecule has 0 atom stereocenters. The summed E-state index contributed by atoms with van der Waals surface area (Å²) in [5.41, 5.74) is 5.98. The third kappa shape index (κ3) is 3.27. The Morgan fingerprint density at radius 3 is 2.58 bits per heavy atom. The van der Waals surface area contributed by atoms with Gasteiger partial charge in [-0.25, -0.2) is 4.79 Å². The largest absolute Gasteiger partial charge is 0.478 e. The highest BCUT2D eigenvalue weighted by atomic mass is 35.5. The highest BCUT2D eigenvalue weighted by molar-refractivity contribution is 7.21. The predicted molar refractivity (Wildman–Crippen MR) is 101 cm³/mol. The first-order chi connectivity index (χ1) is 11.5. The van der Waals surface area contributed by atoms with Crippen LogP contribution < -0.4 is 5.43 Å². The molecule has 3 aromatic rings. The minimum Gasteiger partial charge on any atom is -0.478 e. The Bertz CT molecular complexity index is 946. The fourth-order valence-electron chi connectivity index (χ4n) is 2.42. The van der Waals surface area contributed by atoms with E-state index >= 15 is 0 Å². The number of hydrogen-bond donors (Lipinski definition) is 2. The van der Waals surface area contributed by atoms with Crippen molar-refractivity contribution in [2.75, 3.05) is 5.43 Å². The molecular formula is C18H15ClN2O2S. The number of carbonyl (C=O) groups is 1. The number of hydrogen-bond acceptors (Lipinski definition) is 4. The molecule has 0 unspecified atom stereocenters. The van der Waals surface area contributed by atoms with E-state index in [1.165, 1.54) is 4.70 Å². The van der Waals surface area contributed by atoms with Crippen LogP contribution in [-0.2, 0) is 0 Å². The van der Waals surface area contributed by atoms with Crippen molar-refractivity contribution in [1.29, 1.82) is 0 Å². The molecule has 2 N–H and O–H groups in total. The number of aryl methyl sites for hydroxylation is 1. The summed E-state index contributed by atoms with van der Waals surface area (Å²) in [5, 5.41) is 15.2. The summed E-state index contributed by atoms with van der Waals surface area (Å²) < 4.78 is 1.17. The van der Waals surface area contributed by atoms with E-state index in [1.54, 1.807) is 35.6 Å². The molecule has 2 aromatic carbocycles. The molecule has 0 fully saturated rings. The molecule has 122 valence electrons. The first-order valence-electron chi connectivity index (χ1n) is 7.28. The molecule has 0 radical (unpaired) electrons. The average Bonchev–Trinajstić information content (AvgIpc) is 2.89. The van der Waals surface area contributed by atoms with Crippen molar-refractivity contribution in [1.82, 2.24) is 0 Å². The number of fused-ring (bicyclic) bond motifs is 1. The van der Waals surface area contributed by atoms with Crippen molar-refractivity contribution in [2.45, 2.75) is 13.8 Å². The van der Waals surface area contributed by atoms with Gasteiger partial charge < -0.3 is 5.11 Å². The van der Waals surface area contributed by atoms with E-state index in [1.807, 2.05) is 25.1 Å². The molecule has 24 heavy (non-hydrogen) atoms. The van der Waals surface area contributed by atoms with Crippen LogP contribution in [0.25, 0.3) is 10.1 Å². The highest BCUT2D eigenvalue weighted by Crippen LogP contribution is 2.33. The molecule has 4 nitrogen and oxygen atoms in total. The Morgan fingerprint density at radius 1 is 1.21 bits per heavy atom. The molecule has 0 aliphatic rings. The fourth-order valence-corrected chi connectivity index (χ4v) is 3.73. The lowest BCUT2D eigenvalue weighted by Crippen LogP contribution is -2.00. The summed E-state index contributed by atoms with van der Waals surface area (Å²) in [5.74, 6) is -0.944. The van der Waals surface area contributed by atoms with Crippen molar-refractivity contribution >= 4 is 50.4 Å². The molecule has 1 heterocycles. The van der Waals surface area contributed by atoms with Crippen LogP contribution in [0.5, 0.6) is 0 Å². The molecule has 6 heteroatoms. The summed E-state index contributed by atoms with van der Waals surface area (Å²) >= 11 is 7.75. The highest BCUT2D eigenvalue weighted by Gasteiger charge is 2.11. The Kier molecular flexibility index (Phi) is 4.55. The summed E-state index contributed by atoms with van der Waals surface area (Å²) in [6.45, 7) is 4.00. The summed E-state index contributed by atoms with van der Waals surface area (Å²) in [6.07, 6.45) is 0. The van der Waals surface area contributed by atoms with Gasteiger partial charge in [0.25, 0.3) is 0 Å². The maximum atomic E-state index is 10.9. The van der Waals surface area contributed by atoms with Gasteiger partial charge in [-0.05, 0) is 67.3 Å². The average molecular weight is 359 g/mol. The van der Waals surface area contributed by atoms with Crippen LogP contribution >= 0.6 is 22.9 Å². The molecular weight excluding hydrogens is 344 g/mol. The summed E-state index contributed by atoms with van der Waals surface area (Å²) in [4.78, 5) is 12.0. The number of nitrogens with one attached hydrogen (secondary N) is 1. The first kappa shape index (κ1) is 16.5. The Hall–Kier alpha value is -2.37. The quantitative estimate of drug-likeness (QED) is 0.485. The van der Waals surface area contributed by atoms with Crippen LogP contribution in [0, 0.1) is 6.92 Å². The predicted octanol–water partition coefficient (Wildman–Crippen LogP) is 5.40. The smallest absolute Gasteiger partial charge is 0.335 e. The molecule has 0 aliphatic heterocycles. The summed E-state index contributed by atoms with van der Waals surface area (Å²) in [7, 11) is 0. The van der Waals surface area contributed by atoms with Crippen LogP contribution in [0.1, 0.15) is 27.7 Å². The zero-order chi connectivity index (χ0) is 17.3. The first-order valence-corrected chi connectivity index (χ1v) is 8.48. The van der Waals surface area contributed by atoms with E-state index in [0.29, 0.717) is 0 Å². The number of nitrogens with zero attached hydrogens (tertiary/aromatic N) is 1. The number of anilines is 1. The molecule has 0 saturated heterocycles. The fraction of sp³-hybridized carbons (Fsp3) is 0.111. The maximum Gasteiger partial charge on any atom is 0.335 e. The van der Waals surface area contributed by atoms with E-state index in [4.69, 9.17) is 16.7 Å². The van der Waals surface area contributed by atoms with Gasteiger partial charge in [-0.15, -0.1) is 11.3 Å². The number of rotatable bonds is 4.